The van der Waals surface area contributed by atoms with Crippen LogP contribution in [0.15, 0.2) is 176 Å². The van der Waals surface area contributed by atoms with Crippen LogP contribution in [0.4, 0.5) is 0 Å². The van der Waals surface area contributed by atoms with E-state index in [-0.39, 0.29) is 0 Å². The van der Waals surface area contributed by atoms with Crippen LogP contribution in [0.5, 0.6) is 0 Å². The largest absolute Gasteiger partial charge is 0.265 e. The van der Waals surface area contributed by atoms with E-state index in [1.165, 1.54) is 27.8 Å². The van der Waals surface area contributed by atoms with Gasteiger partial charge in [0.1, 0.15) is 0 Å². The summed E-state index contributed by atoms with van der Waals surface area (Å²) in [7, 11) is 0. The van der Waals surface area contributed by atoms with Gasteiger partial charge in [-0.15, -0.1) is 0 Å². The Morgan fingerprint density at radius 1 is 0.348 bits per heavy atom. The fourth-order valence-electron chi connectivity index (χ4n) is 5.99. The van der Waals surface area contributed by atoms with Crippen LogP contribution in [0.25, 0.3) is 77.9 Å². The van der Waals surface area contributed by atoms with Gasteiger partial charge in [-0.3, -0.25) is 9.97 Å². The molecular formula is C43H29N3. The Labute approximate surface area is 268 Å². The summed E-state index contributed by atoms with van der Waals surface area (Å²) in [4.78, 5) is 14.2. The number of rotatable bonds is 6. The molecule has 0 saturated heterocycles. The maximum absolute atomic E-state index is 5.16. The summed E-state index contributed by atoms with van der Waals surface area (Å²) in [6.07, 6.45) is 5.56. The summed E-state index contributed by atoms with van der Waals surface area (Å²) in [6.45, 7) is 0. The Balaban J connectivity index is 1.22. The van der Waals surface area contributed by atoms with Gasteiger partial charge in [0.25, 0.3) is 0 Å². The highest BCUT2D eigenvalue weighted by molar-refractivity contribution is 5.99. The molecule has 0 fully saturated rings. The van der Waals surface area contributed by atoms with Crippen LogP contribution >= 0.6 is 0 Å². The average molecular weight is 588 g/mol. The summed E-state index contributed by atoms with van der Waals surface area (Å²) < 4.78 is 0. The number of hydrogen-bond donors (Lipinski definition) is 0. The van der Waals surface area contributed by atoms with Crippen LogP contribution in [0.1, 0.15) is 0 Å². The molecule has 3 aromatic heterocycles. The van der Waals surface area contributed by atoms with E-state index in [9.17, 15) is 0 Å². The van der Waals surface area contributed by atoms with Crippen LogP contribution in [0.3, 0.4) is 0 Å². The third kappa shape index (κ3) is 5.47. The van der Waals surface area contributed by atoms with Gasteiger partial charge in [-0.25, -0.2) is 4.98 Å². The second-order valence-electron chi connectivity index (χ2n) is 11.3. The van der Waals surface area contributed by atoms with Crippen molar-refractivity contribution in [3.63, 3.8) is 0 Å². The van der Waals surface area contributed by atoms with Crippen molar-refractivity contribution in [2.24, 2.45) is 0 Å². The van der Waals surface area contributed by atoms with Crippen LogP contribution < -0.4 is 0 Å². The summed E-state index contributed by atoms with van der Waals surface area (Å²) in [5, 5.41) is 1.09. The molecule has 0 saturated carbocycles. The molecule has 3 heterocycles. The van der Waals surface area contributed by atoms with Gasteiger partial charge in [0, 0.05) is 40.7 Å². The minimum atomic E-state index is 0.917. The van der Waals surface area contributed by atoms with Crippen molar-refractivity contribution in [2.45, 2.75) is 0 Å². The SMILES string of the molecule is c1ccc(-c2ccc(-c3ccc4nc(-c5ccc(-c6ccccc6)cc5)cc(-c5ccc(-c6ccncc6)nc5)c4c3)cc2)cc1. The van der Waals surface area contributed by atoms with Gasteiger partial charge in [0.15, 0.2) is 0 Å². The van der Waals surface area contributed by atoms with Crippen LogP contribution in [0.2, 0.25) is 0 Å². The molecule has 0 atom stereocenters. The molecule has 216 valence electrons. The Hall–Kier alpha value is -6.19. The first-order valence-corrected chi connectivity index (χ1v) is 15.4. The molecule has 0 N–H and O–H groups in total. The van der Waals surface area contributed by atoms with Crippen molar-refractivity contribution in [3.05, 3.63) is 176 Å². The van der Waals surface area contributed by atoms with E-state index in [4.69, 9.17) is 9.97 Å². The fourth-order valence-corrected chi connectivity index (χ4v) is 5.99. The molecule has 8 aromatic rings. The number of aromatic nitrogens is 3. The highest BCUT2D eigenvalue weighted by Crippen LogP contribution is 2.36. The zero-order chi connectivity index (χ0) is 30.7. The lowest BCUT2D eigenvalue weighted by Crippen LogP contribution is -1.92. The second-order valence-corrected chi connectivity index (χ2v) is 11.3. The Morgan fingerprint density at radius 3 is 1.43 bits per heavy atom. The third-order valence-corrected chi connectivity index (χ3v) is 8.47. The predicted octanol–water partition coefficient (Wildman–Crippen LogP) is 11.0. The van der Waals surface area contributed by atoms with Crippen molar-refractivity contribution >= 4 is 10.9 Å². The van der Waals surface area contributed by atoms with Gasteiger partial charge in [-0.1, -0.05) is 121 Å². The first kappa shape index (κ1) is 27.4. The number of hydrogen-bond acceptors (Lipinski definition) is 3. The zero-order valence-electron chi connectivity index (χ0n) is 25.1. The van der Waals surface area contributed by atoms with Crippen LogP contribution in [0, 0.1) is 0 Å². The maximum Gasteiger partial charge on any atom is 0.0716 e. The number of nitrogens with zero attached hydrogens (tertiary/aromatic N) is 3. The third-order valence-electron chi connectivity index (χ3n) is 8.47. The Bertz CT molecular complexity index is 2240. The highest BCUT2D eigenvalue weighted by atomic mass is 14.7. The Morgan fingerprint density at radius 2 is 0.848 bits per heavy atom. The van der Waals surface area contributed by atoms with E-state index < -0.39 is 0 Å². The van der Waals surface area contributed by atoms with E-state index >= 15 is 0 Å². The molecule has 0 amide bonds. The second kappa shape index (κ2) is 12.1. The van der Waals surface area contributed by atoms with E-state index in [0.29, 0.717) is 0 Å². The van der Waals surface area contributed by atoms with Crippen LogP contribution in [-0.4, -0.2) is 15.0 Å². The monoisotopic (exact) mass is 587 g/mol. The minimum Gasteiger partial charge on any atom is -0.265 e. The van der Waals surface area contributed by atoms with Gasteiger partial charge in [0.05, 0.1) is 16.9 Å². The van der Waals surface area contributed by atoms with Gasteiger partial charge in [0.2, 0.25) is 0 Å². The smallest absolute Gasteiger partial charge is 0.0716 e. The van der Waals surface area contributed by atoms with Gasteiger partial charge < -0.3 is 0 Å². The standard InChI is InChI=1S/C43H29N3/c1-3-7-30(8-4-1)32-11-13-34(14-12-32)37-19-22-42-40(27-37)39(38-20-21-41(45-29-38)36-23-25-44-26-24-36)28-43(46-42)35-17-15-33(16-18-35)31-9-5-2-6-10-31/h1-29H. The molecular weight excluding hydrogens is 558 g/mol. The number of fused-ring (bicyclic) bond motifs is 1. The molecule has 0 spiro atoms. The molecule has 0 bridgehead atoms. The summed E-state index contributed by atoms with van der Waals surface area (Å²) in [5.41, 5.74) is 14.2. The molecule has 8 rings (SSSR count). The topological polar surface area (TPSA) is 38.7 Å². The molecule has 0 aliphatic carbocycles. The van der Waals surface area contributed by atoms with Crippen molar-refractivity contribution in [1.82, 2.24) is 15.0 Å². The first-order chi connectivity index (χ1) is 22.8. The van der Waals surface area contributed by atoms with E-state index in [1.54, 1.807) is 12.4 Å². The minimum absolute atomic E-state index is 0.917. The van der Waals surface area contributed by atoms with Crippen LogP contribution in [-0.2, 0) is 0 Å². The first-order valence-electron chi connectivity index (χ1n) is 15.4. The molecule has 46 heavy (non-hydrogen) atoms. The molecule has 0 aliphatic heterocycles. The van der Waals surface area contributed by atoms with E-state index in [0.717, 1.165) is 50.1 Å². The predicted molar refractivity (Wildman–Crippen MR) is 190 cm³/mol. The average Bonchev–Trinajstić information content (AvgIpc) is 3.15. The Kier molecular flexibility index (Phi) is 7.18. The van der Waals surface area contributed by atoms with Crippen molar-refractivity contribution in [1.29, 1.82) is 0 Å². The summed E-state index contributed by atoms with van der Waals surface area (Å²) in [5.74, 6) is 0. The summed E-state index contributed by atoms with van der Waals surface area (Å²) in [6, 6.07) is 55.3. The number of benzene rings is 5. The van der Waals surface area contributed by atoms with Gasteiger partial charge in [-0.2, -0.15) is 0 Å². The summed E-state index contributed by atoms with van der Waals surface area (Å²) >= 11 is 0. The molecule has 3 nitrogen and oxygen atoms in total. The lowest BCUT2D eigenvalue weighted by atomic mass is 9.94. The fraction of sp³-hybridized carbons (Fsp3) is 0. The lowest BCUT2D eigenvalue weighted by molar-refractivity contribution is 1.29. The van der Waals surface area contributed by atoms with Crippen molar-refractivity contribution in [3.8, 4) is 67.0 Å². The van der Waals surface area contributed by atoms with E-state index in [1.807, 2.05) is 30.5 Å². The molecule has 0 radical (unpaired) electrons. The lowest BCUT2D eigenvalue weighted by Gasteiger charge is -2.13. The van der Waals surface area contributed by atoms with E-state index in [2.05, 4.69) is 138 Å². The zero-order valence-corrected chi connectivity index (χ0v) is 25.1. The van der Waals surface area contributed by atoms with Gasteiger partial charge >= 0.3 is 0 Å². The molecule has 5 aromatic carbocycles. The maximum atomic E-state index is 5.16. The van der Waals surface area contributed by atoms with Gasteiger partial charge in [-0.05, 0) is 75.3 Å². The van der Waals surface area contributed by atoms with Crippen molar-refractivity contribution in [2.75, 3.05) is 0 Å². The molecule has 0 unspecified atom stereocenters. The van der Waals surface area contributed by atoms with Crippen molar-refractivity contribution < 1.29 is 0 Å². The normalized spacial score (nSPS) is 11.0. The molecule has 0 aliphatic rings. The highest BCUT2D eigenvalue weighted by Gasteiger charge is 2.13. The molecule has 3 heteroatoms. The number of pyridine rings is 3. The quantitative estimate of drug-likeness (QED) is 0.194.